The number of amidine groups is 1. The Kier molecular flexibility index (Phi) is 14.3. The second-order valence-corrected chi connectivity index (χ2v) is 15.4. The molecule has 58 heavy (non-hydrogen) atoms. The summed E-state index contributed by atoms with van der Waals surface area (Å²) in [6.45, 7) is 12.3. The van der Waals surface area contributed by atoms with Crippen LogP contribution in [0.1, 0.15) is 78.4 Å². The molecule has 1 amide bonds. The molecule has 0 saturated carbocycles. The number of rotatable bonds is 16. The molecule has 0 bridgehead atoms. The van der Waals surface area contributed by atoms with Gasteiger partial charge in [0.05, 0.1) is 20.3 Å². The van der Waals surface area contributed by atoms with Gasteiger partial charge in [-0.2, -0.15) is 9.98 Å². The Bertz CT molecular complexity index is 2080. The number of carbonyl (C=O) groups excluding carboxylic acids is 3. The van der Waals surface area contributed by atoms with Gasteiger partial charge in [0, 0.05) is 35.3 Å². The van der Waals surface area contributed by atoms with Crippen LogP contribution in [0, 0.1) is 16.6 Å². The number of amides is 1. The summed E-state index contributed by atoms with van der Waals surface area (Å²) in [5, 5.41) is 17.2. The molecule has 2 heterocycles. The van der Waals surface area contributed by atoms with E-state index in [0.29, 0.717) is 11.3 Å². The Morgan fingerprint density at radius 1 is 0.966 bits per heavy atom. The number of aliphatic imine (C=N–C) groups is 1. The number of ether oxygens (including phenoxy) is 6. The van der Waals surface area contributed by atoms with E-state index in [-0.39, 0.29) is 65.9 Å². The average Bonchev–Trinajstić information content (AvgIpc) is 3.59. The largest absolute Gasteiger partial charge is 0.497 e. The van der Waals surface area contributed by atoms with Crippen LogP contribution in [-0.4, -0.2) is 93.0 Å². The van der Waals surface area contributed by atoms with Crippen LogP contribution in [-0.2, 0) is 23.8 Å². The predicted octanol–water partition coefficient (Wildman–Crippen LogP) is 4.91. The lowest BCUT2D eigenvalue weighted by Gasteiger charge is -2.26. The molecule has 2 aromatic carbocycles. The number of anilines is 1. The van der Waals surface area contributed by atoms with Crippen molar-refractivity contribution in [2.45, 2.75) is 67.0 Å². The van der Waals surface area contributed by atoms with Crippen molar-refractivity contribution < 1.29 is 52.3 Å². The molecule has 312 valence electrons. The normalized spacial score (nSPS) is 12.6. The molecule has 4 rings (SSSR count). The molecule has 1 unspecified atom stereocenters. The lowest BCUT2D eigenvalue weighted by Crippen LogP contribution is -2.40. The molecule has 4 N–H and O–H groups in total. The Balaban J connectivity index is 1.74. The van der Waals surface area contributed by atoms with Crippen molar-refractivity contribution in [3.8, 4) is 23.5 Å². The van der Waals surface area contributed by atoms with Gasteiger partial charge in [-0.3, -0.25) is 9.59 Å². The van der Waals surface area contributed by atoms with E-state index in [1.165, 1.54) is 45.5 Å². The zero-order valence-corrected chi connectivity index (χ0v) is 33.9. The van der Waals surface area contributed by atoms with Crippen LogP contribution in [0.3, 0.4) is 0 Å². The summed E-state index contributed by atoms with van der Waals surface area (Å²) >= 11 is 0. The van der Waals surface area contributed by atoms with Crippen LogP contribution in [0.15, 0.2) is 59.9 Å². The topological polar surface area (TPSA) is 234 Å². The van der Waals surface area contributed by atoms with Crippen molar-refractivity contribution in [2.24, 2.45) is 21.6 Å². The van der Waals surface area contributed by atoms with E-state index in [9.17, 15) is 19.5 Å². The van der Waals surface area contributed by atoms with Crippen molar-refractivity contribution >= 4 is 29.6 Å². The lowest BCUT2D eigenvalue weighted by molar-refractivity contribution is -0.180. The van der Waals surface area contributed by atoms with Gasteiger partial charge in [-0.15, -0.1) is 9.78 Å². The molecule has 18 nitrogen and oxygen atoms in total. The molecule has 4 aromatic rings. The van der Waals surface area contributed by atoms with E-state index in [1.54, 1.807) is 51.1 Å². The maximum Gasteiger partial charge on any atom is 0.435 e. The standard InChI is InChI=1S/C39H49FN8O10/c1-37(2,3)21-55-36(52)45-30(41)23-11-13-24(14-12-23)44-29(26-19-25(53-9)20-27(28(26)40)54-18-17-49)31-46-35(48(47-31)34-42-15-10-16-43-34)57-22-56-32(50)39(7,8)33(51)58-38(4,5)6/h10-16,19-20,29,44,49H,17-18,21-22H2,1-9H3,(H2,41,45,52). The first-order chi connectivity index (χ1) is 27.2. The minimum Gasteiger partial charge on any atom is -0.497 e. The van der Waals surface area contributed by atoms with Crippen molar-refractivity contribution in [1.29, 1.82) is 0 Å². The summed E-state index contributed by atoms with van der Waals surface area (Å²) in [7, 11) is 1.38. The SMILES string of the molecule is COc1cc(OCCO)c(F)c(C(Nc2ccc(C(N)=NC(=O)OCC(C)(C)C)cc2)c2nc(OCOC(=O)C(C)(C)C(=O)OC(C)(C)C)n(-c3ncccn3)n2)c1. The first-order valence-electron chi connectivity index (χ1n) is 18.0. The number of nitrogens with two attached hydrogens (primary N) is 1. The van der Waals surface area contributed by atoms with Gasteiger partial charge in [0.25, 0.3) is 5.95 Å². The monoisotopic (exact) mass is 808 g/mol. The number of aromatic nitrogens is 5. The average molecular weight is 809 g/mol. The maximum absolute atomic E-state index is 16.4. The van der Waals surface area contributed by atoms with Crippen molar-refractivity contribution in [3.63, 3.8) is 0 Å². The van der Waals surface area contributed by atoms with Gasteiger partial charge in [-0.25, -0.2) is 19.2 Å². The second-order valence-electron chi connectivity index (χ2n) is 15.4. The van der Waals surface area contributed by atoms with Gasteiger partial charge in [0.15, 0.2) is 22.8 Å². The summed E-state index contributed by atoms with van der Waals surface area (Å²) in [4.78, 5) is 54.9. The Morgan fingerprint density at radius 2 is 1.64 bits per heavy atom. The fourth-order valence-electron chi connectivity index (χ4n) is 4.70. The fourth-order valence-corrected chi connectivity index (χ4v) is 4.70. The molecule has 0 spiro atoms. The first kappa shape index (κ1) is 44.3. The van der Waals surface area contributed by atoms with Crippen LogP contribution in [0.25, 0.3) is 5.95 Å². The molecule has 0 fully saturated rings. The molecule has 2 aromatic heterocycles. The molecule has 0 aliphatic carbocycles. The minimum absolute atomic E-state index is 0.00589. The number of aliphatic hydroxyl groups excluding tert-OH is 1. The summed E-state index contributed by atoms with van der Waals surface area (Å²) in [6, 6.07) is 9.17. The van der Waals surface area contributed by atoms with Crippen LogP contribution in [0.2, 0.25) is 0 Å². The first-order valence-corrected chi connectivity index (χ1v) is 18.0. The van der Waals surface area contributed by atoms with Gasteiger partial charge in [-0.1, -0.05) is 20.8 Å². The van der Waals surface area contributed by atoms with E-state index < -0.39 is 47.7 Å². The quantitative estimate of drug-likeness (QED) is 0.0341. The highest BCUT2D eigenvalue weighted by Gasteiger charge is 2.41. The third-order valence-corrected chi connectivity index (χ3v) is 7.66. The highest BCUT2D eigenvalue weighted by atomic mass is 19.1. The third-order valence-electron chi connectivity index (χ3n) is 7.66. The van der Waals surface area contributed by atoms with Crippen LogP contribution < -0.4 is 25.3 Å². The molecular weight excluding hydrogens is 759 g/mol. The Morgan fingerprint density at radius 3 is 2.24 bits per heavy atom. The number of benzene rings is 2. The summed E-state index contributed by atoms with van der Waals surface area (Å²) in [5.41, 5.74) is 4.05. The molecule has 0 aliphatic heterocycles. The second kappa shape index (κ2) is 18.7. The van der Waals surface area contributed by atoms with Crippen molar-refractivity contribution in [2.75, 3.05) is 39.0 Å². The van der Waals surface area contributed by atoms with Gasteiger partial charge >= 0.3 is 24.0 Å². The van der Waals surface area contributed by atoms with E-state index in [4.69, 9.17) is 34.2 Å². The van der Waals surface area contributed by atoms with Crippen molar-refractivity contribution in [1.82, 2.24) is 24.7 Å². The third kappa shape index (κ3) is 12.1. The summed E-state index contributed by atoms with van der Waals surface area (Å²) < 4.78 is 50.1. The number of carbonyl (C=O) groups is 3. The molecule has 0 saturated heterocycles. The van der Waals surface area contributed by atoms with E-state index in [0.717, 1.165) is 4.68 Å². The molecule has 0 radical (unpaired) electrons. The number of nitrogens with zero attached hydrogens (tertiary/aromatic N) is 6. The van der Waals surface area contributed by atoms with Crippen LogP contribution in [0.4, 0.5) is 14.9 Å². The highest BCUT2D eigenvalue weighted by molar-refractivity contribution is 6.03. The van der Waals surface area contributed by atoms with Crippen LogP contribution in [0.5, 0.6) is 17.5 Å². The van der Waals surface area contributed by atoms with Crippen LogP contribution >= 0.6 is 0 Å². The minimum atomic E-state index is -1.69. The number of aliphatic hydroxyl groups is 1. The number of methoxy groups -OCH3 is 1. The number of esters is 2. The summed E-state index contributed by atoms with van der Waals surface area (Å²) in [6.07, 6.45) is 2.05. The number of hydrogen-bond acceptors (Lipinski definition) is 15. The van der Waals surface area contributed by atoms with E-state index in [1.807, 2.05) is 20.8 Å². The molecular formula is C39H49FN8O10. The zero-order valence-electron chi connectivity index (χ0n) is 33.9. The van der Waals surface area contributed by atoms with Gasteiger partial charge < -0.3 is 44.6 Å². The summed E-state index contributed by atoms with van der Waals surface area (Å²) in [5.74, 6) is -2.78. The highest BCUT2D eigenvalue weighted by Crippen LogP contribution is 2.36. The Hall–Kier alpha value is -6.37. The number of nitrogens with one attached hydrogen (secondary N) is 1. The number of hydrogen-bond donors (Lipinski definition) is 3. The van der Waals surface area contributed by atoms with E-state index in [2.05, 4.69) is 30.4 Å². The van der Waals surface area contributed by atoms with Gasteiger partial charge in [-0.05, 0) is 76.4 Å². The molecule has 0 aliphatic rings. The van der Waals surface area contributed by atoms with E-state index >= 15 is 4.39 Å². The van der Waals surface area contributed by atoms with Gasteiger partial charge in [0.2, 0.25) is 6.79 Å². The number of halogens is 1. The Labute approximate surface area is 334 Å². The maximum atomic E-state index is 16.4. The molecule has 1 atom stereocenters. The smallest absolute Gasteiger partial charge is 0.435 e. The lowest BCUT2D eigenvalue weighted by atomic mass is 9.93. The zero-order chi connectivity index (χ0) is 42.8. The fraction of sp³-hybridized carbons (Fsp3) is 0.436. The van der Waals surface area contributed by atoms with Crippen molar-refractivity contribution in [3.05, 3.63) is 77.6 Å². The molecule has 19 heteroatoms. The van der Waals surface area contributed by atoms with Gasteiger partial charge in [0.1, 0.15) is 29.8 Å². The predicted molar refractivity (Wildman–Crippen MR) is 207 cm³/mol.